The van der Waals surface area contributed by atoms with Crippen molar-refractivity contribution in [3.63, 3.8) is 0 Å². The Labute approximate surface area is 350 Å². The molecule has 12 aromatic rings. The van der Waals surface area contributed by atoms with E-state index in [0.717, 1.165) is 49.9 Å². The van der Waals surface area contributed by atoms with Crippen molar-refractivity contribution in [3.8, 4) is 50.6 Å². The minimum Gasteiger partial charge on any atom is -0.452 e. The summed E-state index contributed by atoms with van der Waals surface area (Å²) in [5.74, 6) is 0.609. The van der Waals surface area contributed by atoms with E-state index in [0.29, 0.717) is 11.5 Å². The third-order valence-corrected chi connectivity index (χ3v) is 13.4. The van der Waals surface area contributed by atoms with Crippen LogP contribution in [0.4, 0.5) is 0 Å². The number of fused-ring (bicyclic) bond motifs is 10. The molecule has 4 heteroatoms. The van der Waals surface area contributed by atoms with E-state index in [-0.39, 0.29) is 0 Å². The Morgan fingerprint density at radius 1 is 0.393 bits per heavy atom. The van der Waals surface area contributed by atoms with Crippen molar-refractivity contribution in [1.82, 2.24) is 14.5 Å². The summed E-state index contributed by atoms with van der Waals surface area (Å²) in [6, 6.07) is 72.6. The van der Waals surface area contributed by atoms with Crippen LogP contribution in [0.5, 0.6) is 0 Å². The summed E-state index contributed by atoms with van der Waals surface area (Å²) < 4.78 is 8.93. The van der Waals surface area contributed by atoms with Gasteiger partial charge in [-0.25, -0.2) is 9.97 Å². The molecule has 0 saturated carbocycles. The standard InChI is InChI=1S/C57H33N3O/c1-4-16-34(17-5-1)37-32-46-51-48(33-37)60(56-58-53(36-20-8-3-9-21-36)55-54(59-56)42-24-12-15-27-49(42)61-55)47-31-29-41-38(35-18-6-2-7-19-35)28-30-45(50(41)52(47)51)57(46)43-25-13-10-22-39(43)40-23-11-14-26-44(40)57/h1-33H. The van der Waals surface area contributed by atoms with Crippen LogP contribution in [0, 0.1) is 0 Å². The SMILES string of the molecule is c1ccc(-c2cc3c4c5c6c(ccc(-c7ccccc7)c6ccc5n(-c5nc(-c6ccccc6)c6oc7ccccc7c6n5)c4c2)C32c3ccccc3-c3ccccc32)cc1. The molecule has 2 aliphatic rings. The van der Waals surface area contributed by atoms with Crippen LogP contribution in [-0.4, -0.2) is 14.5 Å². The highest BCUT2D eigenvalue weighted by molar-refractivity contribution is 6.28. The zero-order valence-corrected chi connectivity index (χ0v) is 32.8. The molecular weight excluding hydrogens is 743 g/mol. The monoisotopic (exact) mass is 775 g/mol. The van der Waals surface area contributed by atoms with Crippen LogP contribution in [0.1, 0.15) is 22.3 Å². The van der Waals surface area contributed by atoms with Crippen LogP contribution in [0.15, 0.2) is 205 Å². The van der Waals surface area contributed by atoms with Gasteiger partial charge in [-0.3, -0.25) is 4.57 Å². The van der Waals surface area contributed by atoms with Gasteiger partial charge in [-0.1, -0.05) is 170 Å². The van der Waals surface area contributed by atoms with Crippen molar-refractivity contribution in [1.29, 1.82) is 0 Å². The first-order valence-electron chi connectivity index (χ1n) is 20.9. The number of aromatic nitrogens is 3. The first-order valence-corrected chi connectivity index (χ1v) is 20.9. The van der Waals surface area contributed by atoms with Crippen molar-refractivity contribution >= 4 is 54.6 Å². The molecule has 61 heavy (non-hydrogen) atoms. The van der Waals surface area contributed by atoms with Gasteiger partial charge in [0.25, 0.3) is 0 Å². The predicted octanol–water partition coefficient (Wildman–Crippen LogP) is 14.3. The number of rotatable bonds is 4. The fourth-order valence-electron chi connectivity index (χ4n) is 11.0. The summed E-state index contributed by atoms with van der Waals surface area (Å²) in [6.07, 6.45) is 0. The lowest BCUT2D eigenvalue weighted by molar-refractivity contribution is 0.666. The molecule has 1 spiro atoms. The molecular formula is C57H33N3O. The van der Waals surface area contributed by atoms with Crippen LogP contribution in [0.2, 0.25) is 0 Å². The molecule has 9 aromatic carbocycles. The summed E-state index contributed by atoms with van der Waals surface area (Å²) in [6.45, 7) is 0. The van der Waals surface area contributed by atoms with Gasteiger partial charge in [-0.2, -0.15) is 0 Å². The van der Waals surface area contributed by atoms with Gasteiger partial charge >= 0.3 is 0 Å². The van der Waals surface area contributed by atoms with Gasteiger partial charge in [0.1, 0.15) is 16.8 Å². The minimum atomic E-state index is -0.599. The minimum absolute atomic E-state index is 0.599. The molecule has 14 rings (SSSR count). The molecule has 0 bridgehead atoms. The lowest BCUT2D eigenvalue weighted by Gasteiger charge is -2.38. The average Bonchev–Trinajstić information content (AvgIpc) is 3.98. The fraction of sp³-hybridized carbons (Fsp3) is 0.0175. The Bertz CT molecular complexity index is 3760. The Balaban J connectivity index is 1.22. The van der Waals surface area contributed by atoms with Crippen LogP contribution in [0.3, 0.4) is 0 Å². The summed E-state index contributed by atoms with van der Waals surface area (Å²) in [5.41, 5.74) is 18.0. The largest absolute Gasteiger partial charge is 0.452 e. The van der Waals surface area contributed by atoms with Crippen LogP contribution >= 0.6 is 0 Å². The maximum atomic E-state index is 6.60. The van der Waals surface area contributed by atoms with E-state index in [2.05, 4.69) is 187 Å². The highest BCUT2D eigenvalue weighted by Gasteiger charge is 2.50. The van der Waals surface area contributed by atoms with Crippen LogP contribution in [0.25, 0.3) is 105 Å². The third-order valence-electron chi connectivity index (χ3n) is 13.4. The Morgan fingerprint density at radius 2 is 1.03 bits per heavy atom. The molecule has 0 amide bonds. The maximum Gasteiger partial charge on any atom is 0.236 e. The zero-order chi connectivity index (χ0) is 39.8. The van der Waals surface area contributed by atoms with Crippen LogP contribution < -0.4 is 0 Å². The summed E-state index contributed by atoms with van der Waals surface area (Å²) in [5, 5.41) is 5.92. The van der Waals surface area contributed by atoms with E-state index in [9.17, 15) is 0 Å². The molecule has 0 atom stereocenters. The van der Waals surface area contributed by atoms with Gasteiger partial charge in [0.05, 0.1) is 16.4 Å². The smallest absolute Gasteiger partial charge is 0.236 e. The second-order valence-electron chi connectivity index (χ2n) is 16.4. The molecule has 2 aliphatic carbocycles. The molecule has 3 heterocycles. The quantitative estimate of drug-likeness (QED) is 0.179. The normalized spacial score (nSPS) is 13.4. The Kier molecular flexibility index (Phi) is 6.46. The van der Waals surface area contributed by atoms with E-state index in [1.165, 1.54) is 66.1 Å². The molecule has 3 aromatic heterocycles. The van der Waals surface area contributed by atoms with E-state index in [4.69, 9.17) is 14.4 Å². The van der Waals surface area contributed by atoms with Gasteiger partial charge < -0.3 is 4.42 Å². The van der Waals surface area contributed by atoms with Gasteiger partial charge in [0, 0.05) is 21.7 Å². The third kappa shape index (κ3) is 4.23. The van der Waals surface area contributed by atoms with Gasteiger partial charge in [0.15, 0.2) is 5.58 Å². The fourth-order valence-corrected chi connectivity index (χ4v) is 11.0. The van der Waals surface area contributed by atoms with Crippen molar-refractivity contribution in [2.45, 2.75) is 5.41 Å². The number of para-hydroxylation sites is 1. The number of benzene rings is 9. The predicted molar refractivity (Wildman–Crippen MR) is 248 cm³/mol. The van der Waals surface area contributed by atoms with Crippen molar-refractivity contribution in [3.05, 3.63) is 222 Å². The van der Waals surface area contributed by atoms with E-state index in [1.54, 1.807) is 0 Å². The highest BCUT2D eigenvalue weighted by Crippen LogP contribution is 2.63. The van der Waals surface area contributed by atoms with Gasteiger partial charge in [-0.15, -0.1) is 0 Å². The first kappa shape index (κ1) is 32.8. The topological polar surface area (TPSA) is 43.9 Å². The molecule has 4 nitrogen and oxygen atoms in total. The molecule has 0 saturated heterocycles. The lowest BCUT2D eigenvalue weighted by atomic mass is 9.62. The summed E-state index contributed by atoms with van der Waals surface area (Å²) >= 11 is 0. The van der Waals surface area contributed by atoms with E-state index >= 15 is 0 Å². The number of hydrogen-bond acceptors (Lipinski definition) is 3. The lowest BCUT2D eigenvalue weighted by Crippen LogP contribution is -2.30. The van der Waals surface area contributed by atoms with Crippen LogP contribution in [-0.2, 0) is 5.41 Å². The summed E-state index contributed by atoms with van der Waals surface area (Å²) in [4.78, 5) is 11.0. The molecule has 0 N–H and O–H groups in total. The molecule has 0 aliphatic heterocycles. The highest BCUT2D eigenvalue weighted by atomic mass is 16.3. The Hall–Kier alpha value is -8.08. The van der Waals surface area contributed by atoms with E-state index in [1.807, 2.05) is 18.2 Å². The second kappa shape index (κ2) is 12.0. The molecule has 0 unspecified atom stereocenters. The van der Waals surface area contributed by atoms with Crippen molar-refractivity contribution < 1.29 is 4.42 Å². The average molecular weight is 776 g/mol. The van der Waals surface area contributed by atoms with Gasteiger partial charge in [-0.05, 0) is 96.7 Å². The molecule has 282 valence electrons. The van der Waals surface area contributed by atoms with Gasteiger partial charge in [0.2, 0.25) is 5.95 Å². The number of hydrogen-bond donors (Lipinski definition) is 0. The van der Waals surface area contributed by atoms with E-state index < -0.39 is 5.41 Å². The second-order valence-corrected chi connectivity index (χ2v) is 16.4. The first-order chi connectivity index (χ1) is 30.3. The van der Waals surface area contributed by atoms with Crippen molar-refractivity contribution in [2.75, 3.05) is 0 Å². The number of furan rings is 1. The molecule has 0 fully saturated rings. The van der Waals surface area contributed by atoms with Crippen molar-refractivity contribution in [2.24, 2.45) is 0 Å². The number of nitrogens with zero attached hydrogens (tertiary/aromatic N) is 3. The zero-order valence-electron chi connectivity index (χ0n) is 32.8. The molecule has 0 radical (unpaired) electrons. The Morgan fingerprint density at radius 3 is 1.77 bits per heavy atom. The maximum absolute atomic E-state index is 6.60. The summed E-state index contributed by atoms with van der Waals surface area (Å²) in [7, 11) is 0.